The van der Waals surface area contributed by atoms with E-state index >= 15 is 0 Å². The van der Waals surface area contributed by atoms with Crippen molar-refractivity contribution in [1.29, 1.82) is 0 Å². The lowest BCUT2D eigenvalue weighted by atomic mass is 9.92. The second-order valence-corrected chi connectivity index (χ2v) is 6.79. The van der Waals surface area contributed by atoms with Crippen molar-refractivity contribution in [3.63, 3.8) is 0 Å². The van der Waals surface area contributed by atoms with Crippen LogP contribution in [0.5, 0.6) is 0 Å². The van der Waals surface area contributed by atoms with Crippen molar-refractivity contribution in [3.8, 4) is 0 Å². The molecule has 1 heterocycles. The first kappa shape index (κ1) is 14.6. The van der Waals surface area contributed by atoms with Crippen LogP contribution in [0.4, 0.5) is 0 Å². The van der Waals surface area contributed by atoms with Crippen LogP contribution in [0.2, 0.25) is 0 Å². The molecule has 1 aromatic carbocycles. The minimum Gasteiger partial charge on any atom is -0.331 e. The Morgan fingerprint density at radius 1 is 1.24 bits per heavy atom. The van der Waals surface area contributed by atoms with Crippen molar-refractivity contribution in [2.45, 2.75) is 45.6 Å². The number of imidazole rings is 1. The third kappa shape index (κ3) is 3.13. The van der Waals surface area contributed by atoms with Crippen LogP contribution >= 0.6 is 0 Å². The van der Waals surface area contributed by atoms with Crippen LogP contribution in [-0.4, -0.2) is 22.1 Å². The first-order chi connectivity index (χ1) is 10.1. The van der Waals surface area contributed by atoms with E-state index in [2.05, 4.69) is 55.0 Å². The zero-order valence-corrected chi connectivity index (χ0v) is 13.5. The fourth-order valence-electron chi connectivity index (χ4n) is 3.65. The standard InChI is InChI=1S/C18H27N3/c1-13(2)19-12-15-8-6-7-14(15)11-18-20-16-9-4-5-10-17(16)21(18)3/h4-5,9-10,13-15,19H,6-8,11-12H2,1-3H3. The van der Waals surface area contributed by atoms with Gasteiger partial charge >= 0.3 is 0 Å². The summed E-state index contributed by atoms with van der Waals surface area (Å²) in [6.07, 6.45) is 5.22. The molecule has 2 unspecified atom stereocenters. The third-order valence-electron chi connectivity index (χ3n) is 4.93. The number of fused-ring (bicyclic) bond motifs is 1. The molecule has 114 valence electrons. The van der Waals surface area contributed by atoms with Gasteiger partial charge in [-0.25, -0.2) is 4.98 Å². The van der Waals surface area contributed by atoms with E-state index in [0.29, 0.717) is 6.04 Å². The number of hydrogen-bond donors (Lipinski definition) is 1. The Bertz CT molecular complexity index is 600. The number of benzene rings is 1. The molecule has 0 spiro atoms. The average Bonchev–Trinajstić information content (AvgIpc) is 3.03. The maximum Gasteiger partial charge on any atom is 0.109 e. The highest BCUT2D eigenvalue weighted by atomic mass is 15.1. The van der Waals surface area contributed by atoms with Crippen molar-refractivity contribution in [2.24, 2.45) is 18.9 Å². The van der Waals surface area contributed by atoms with Gasteiger partial charge in [0.15, 0.2) is 0 Å². The zero-order valence-electron chi connectivity index (χ0n) is 13.5. The molecule has 1 saturated carbocycles. The Balaban J connectivity index is 1.73. The van der Waals surface area contributed by atoms with E-state index in [1.807, 2.05) is 0 Å². The molecule has 3 rings (SSSR count). The highest BCUT2D eigenvalue weighted by molar-refractivity contribution is 5.75. The third-order valence-corrected chi connectivity index (χ3v) is 4.93. The van der Waals surface area contributed by atoms with Gasteiger partial charge in [-0.1, -0.05) is 32.4 Å². The fraction of sp³-hybridized carbons (Fsp3) is 0.611. The lowest BCUT2D eigenvalue weighted by molar-refractivity contribution is 0.348. The number of para-hydroxylation sites is 2. The minimum atomic E-state index is 0.585. The molecule has 3 nitrogen and oxygen atoms in total. The van der Waals surface area contributed by atoms with Crippen LogP contribution in [0, 0.1) is 11.8 Å². The molecular weight excluding hydrogens is 258 g/mol. The quantitative estimate of drug-likeness (QED) is 0.911. The molecule has 0 radical (unpaired) electrons. The number of nitrogens with zero attached hydrogens (tertiary/aromatic N) is 2. The Labute approximate surface area is 127 Å². The second kappa shape index (κ2) is 6.18. The molecule has 1 N–H and O–H groups in total. The van der Waals surface area contributed by atoms with Gasteiger partial charge in [0, 0.05) is 19.5 Å². The van der Waals surface area contributed by atoms with Gasteiger partial charge in [-0.3, -0.25) is 0 Å². The molecule has 3 heteroatoms. The summed E-state index contributed by atoms with van der Waals surface area (Å²) >= 11 is 0. The largest absolute Gasteiger partial charge is 0.331 e. The van der Waals surface area contributed by atoms with Crippen LogP contribution in [0.25, 0.3) is 11.0 Å². The van der Waals surface area contributed by atoms with Crippen molar-refractivity contribution in [1.82, 2.24) is 14.9 Å². The Morgan fingerprint density at radius 3 is 2.76 bits per heavy atom. The topological polar surface area (TPSA) is 29.9 Å². The minimum absolute atomic E-state index is 0.585. The molecule has 21 heavy (non-hydrogen) atoms. The molecule has 2 aromatic rings. The smallest absolute Gasteiger partial charge is 0.109 e. The molecule has 2 atom stereocenters. The highest BCUT2D eigenvalue weighted by Gasteiger charge is 2.28. The van der Waals surface area contributed by atoms with Gasteiger partial charge in [0.05, 0.1) is 11.0 Å². The first-order valence-corrected chi connectivity index (χ1v) is 8.29. The van der Waals surface area contributed by atoms with Crippen LogP contribution < -0.4 is 5.32 Å². The lowest BCUT2D eigenvalue weighted by Gasteiger charge is -2.21. The average molecular weight is 285 g/mol. The van der Waals surface area contributed by atoms with E-state index in [-0.39, 0.29) is 0 Å². The SMILES string of the molecule is CC(C)NCC1CCCC1Cc1nc2ccccc2n1C. The van der Waals surface area contributed by atoms with Crippen LogP contribution in [-0.2, 0) is 13.5 Å². The molecule has 1 aliphatic rings. The number of hydrogen-bond acceptors (Lipinski definition) is 2. The summed E-state index contributed by atoms with van der Waals surface area (Å²) in [4.78, 5) is 4.85. The predicted molar refractivity (Wildman–Crippen MR) is 88.4 cm³/mol. The van der Waals surface area contributed by atoms with E-state index < -0.39 is 0 Å². The Hall–Kier alpha value is -1.35. The summed E-state index contributed by atoms with van der Waals surface area (Å²) < 4.78 is 2.28. The number of aromatic nitrogens is 2. The van der Waals surface area contributed by atoms with Gasteiger partial charge in [0.25, 0.3) is 0 Å². The molecule has 0 aliphatic heterocycles. The summed E-state index contributed by atoms with van der Waals surface area (Å²) in [5, 5.41) is 3.62. The van der Waals surface area contributed by atoms with Gasteiger partial charge < -0.3 is 9.88 Å². The monoisotopic (exact) mass is 285 g/mol. The van der Waals surface area contributed by atoms with Crippen LogP contribution in [0.3, 0.4) is 0 Å². The van der Waals surface area contributed by atoms with E-state index in [4.69, 9.17) is 4.98 Å². The molecule has 0 saturated heterocycles. The van der Waals surface area contributed by atoms with Crippen molar-refractivity contribution in [3.05, 3.63) is 30.1 Å². The normalized spacial score (nSPS) is 22.5. The summed E-state index contributed by atoms with van der Waals surface area (Å²) in [6.45, 7) is 5.62. The van der Waals surface area contributed by atoms with Gasteiger partial charge in [-0.15, -0.1) is 0 Å². The molecule has 1 aromatic heterocycles. The maximum atomic E-state index is 4.85. The maximum absolute atomic E-state index is 4.85. The van der Waals surface area contributed by atoms with Gasteiger partial charge in [-0.2, -0.15) is 0 Å². The number of aryl methyl sites for hydroxylation is 1. The Morgan fingerprint density at radius 2 is 2.00 bits per heavy atom. The summed E-state index contributed by atoms with van der Waals surface area (Å²) in [5.41, 5.74) is 2.38. The molecule has 0 bridgehead atoms. The molecule has 1 aliphatic carbocycles. The lowest BCUT2D eigenvalue weighted by Crippen LogP contribution is -2.31. The first-order valence-electron chi connectivity index (χ1n) is 8.29. The van der Waals surface area contributed by atoms with Gasteiger partial charge in [0.1, 0.15) is 5.82 Å². The zero-order chi connectivity index (χ0) is 14.8. The van der Waals surface area contributed by atoms with Crippen molar-refractivity contribution in [2.75, 3.05) is 6.54 Å². The van der Waals surface area contributed by atoms with E-state index in [0.717, 1.165) is 30.3 Å². The number of nitrogens with one attached hydrogen (secondary N) is 1. The van der Waals surface area contributed by atoms with Crippen LogP contribution in [0.15, 0.2) is 24.3 Å². The van der Waals surface area contributed by atoms with Crippen LogP contribution in [0.1, 0.15) is 38.9 Å². The van der Waals surface area contributed by atoms with E-state index in [1.165, 1.54) is 30.6 Å². The molecule has 1 fully saturated rings. The fourth-order valence-corrected chi connectivity index (χ4v) is 3.65. The second-order valence-electron chi connectivity index (χ2n) is 6.79. The van der Waals surface area contributed by atoms with Gasteiger partial charge in [-0.05, 0) is 43.4 Å². The predicted octanol–water partition coefficient (Wildman–Crippen LogP) is 3.53. The summed E-state index contributed by atoms with van der Waals surface area (Å²) in [6, 6.07) is 9.04. The van der Waals surface area contributed by atoms with Crippen molar-refractivity contribution >= 4 is 11.0 Å². The summed E-state index contributed by atoms with van der Waals surface area (Å²) in [7, 11) is 2.15. The number of rotatable bonds is 5. The summed E-state index contributed by atoms with van der Waals surface area (Å²) in [5.74, 6) is 2.84. The highest BCUT2D eigenvalue weighted by Crippen LogP contribution is 2.34. The van der Waals surface area contributed by atoms with E-state index in [9.17, 15) is 0 Å². The molecule has 0 amide bonds. The molecular formula is C18H27N3. The van der Waals surface area contributed by atoms with Crippen molar-refractivity contribution < 1.29 is 0 Å². The van der Waals surface area contributed by atoms with Gasteiger partial charge in [0.2, 0.25) is 0 Å². The Kier molecular flexibility index (Phi) is 4.29. The van der Waals surface area contributed by atoms with E-state index in [1.54, 1.807) is 0 Å².